The van der Waals surface area contributed by atoms with Crippen LogP contribution < -0.4 is 5.43 Å². The number of hydrogen-bond donors (Lipinski definition) is 1. The molecule has 0 aliphatic rings. The highest BCUT2D eigenvalue weighted by atomic mass is 15.3. The zero-order valence-electron chi connectivity index (χ0n) is 14.1. The number of rotatable bonds is 4. The fourth-order valence-corrected chi connectivity index (χ4v) is 2.34. The van der Waals surface area contributed by atoms with Crippen molar-refractivity contribution in [2.45, 2.75) is 20.8 Å². The molecule has 0 aliphatic carbocycles. The zero-order chi connectivity index (χ0) is 16.9. The van der Waals surface area contributed by atoms with E-state index in [4.69, 9.17) is 0 Å². The zero-order valence-corrected chi connectivity index (χ0v) is 14.1. The van der Waals surface area contributed by atoms with Gasteiger partial charge in [-0.2, -0.15) is 5.10 Å². The Morgan fingerprint density at radius 1 is 0.917 bits per heavy atom. The largest absolute Gasteiger partial charge is 0.261 e. The molecule has 4 nitrogen and oxygen atoms in total. The van der Waals surface area contributed by atoms with Gasteiger partial charge in [0.25, 0.3) is 0 Å². The molecule has 0 atom stereocenters. The minimum absolute atomic E-state index is 0.688. The van der Waals surface area contributed by atoms with Gasteiger partial charge in [-0.25, -0.2) is 9.97 Å². The van der Waals surface area contributed by atoms with E-state index in [-0.39, 0.29) is 0 Å². The van der Waals surface area contributed by atoms with Crippen LogP contribution in [0.2, 0.25) is 0 Å². The highest BCUT2D eigenvalue weighted by Crippen LogP contribution is 2.17. The number of aryl methyl sites for hydroxylation is 2. The van der Waals surface area contributed by atoms with Crippen molar-refractivity contribution in [3.63, 3.8) is 0 Å². The second-order valence-electron chi connectivity index (χ2n) is 5.76. The van der Waals surface area contributed by atoms with Crippen molar-refractivity contribution in [2.24, 2.45) is 5.10 Å². The van der Waals surface area contributed by atoms with Gasteiger partial charge in [0.05, 0.1) is 5.71 Å². The standard InChI is InChI=1S/C20H20N4/c1-14-9-11-17(12-10-14)16(3)23-24-19-13-15(2)21-20(22-19)18-7-5-4-6-8-18/h4-13H,1-3H3,(H,21,22,24). The lowest BCUT2D eigenvalue weighted by Crippen LogP contribution is -2.03. The van der Waals surface area contributed by atoms with Crippen LogP contribution in [0.4, 0.5) is 5.82 Å². The molecule has 3 aromatic rings. The molecule has 1 N–H and O–H groups in total. The smallest absolute Gasteiger partial charge is 0.161 e. The fourth-order valence-electron chi connectivity index (χ4n) is 2.34. The van der Waals surface area contributed by atoms with Crippen LogP contribution in [-0.4, -0.2) is 15.7 Å². The second kappa shape index (κ2) is 7.04. The van der Waals surface area contributed by atoms with E-state index in [0.29, 0.717) is 11.6 Å². The Morgan fingerprint density at radius 3 is 2.33 bits per heavy atom. The average Bonchev–Trinajstić information content (AvgIpc) is 2.60. The SMILES string of the molecule is CC(=NNc1cc(C)nc(-c2ccccc2)n1)c1ccc(C)cc1. The molecule has 2 aromatic carbocycles. The van der Waals surface area contributed by atoms with Crippen molar-refractivity contribution in [1.29, 1.82) is 0 Å². The summed E-state index contributed by atoms with van der Waals surface area (Å²) in [6.07, 6.45) is 0. The number of nitrogens with one attached hydrogen (secondary N) is 1. The minimum atomic E-state index is 0.688. The van der Waals surface area contributed by atoms with Crippen molar-refractivity contribution >= 4 is 11.5 Å². The van der Waals surface area contributed by atoms with Crippen LogP contribution in [0.15, 0.2) is 65.8 Å². The van der Waals surface area contributed by atoms with Crippen LogP contribution in [0, 0.1) is 13.8 Å². The first-order chi connectivity index (χ1) is 11.6. The lowest BCUT2D eigenvalue weighted by Gasteiger charge is -2.07. The number of aromatic nitrogens is 2. The number of hydrogen-bond acceptors (Lipinski definition) is 4. The molecule has 3 rings (SSSR count). The Labute approximate surface area is 142 Å². The fraction of sp³-hybridized carbons (Fsp3) is 0.150. The normalized spacial score (nSPS) is 11.4. The molecule has 24 heavy (non-hydrogen) atoms. The second-order valence-corrected chi connectivity index (χ2v) is 5.76. The van der Waals surface area contributed by atoms with Crippen molar-refractivity contribution in [1.82, 2.24) is 9.97 Å². The van der Waals surface area contributed by atoms with Crippen molar-refractivity contribution < 1.29 is 0 Å². The van der Waals surface area contributed by atoms with Crippen molar-refractivity contribution in [3.05, 3.63) is 77.5 Å². The predicted molar refractivity (Wildman–Crippen MR) is 99.2 cm³/mol. The van der Waals surface area contributed by atoms with Gasteiger partial charge < -0.3 is 0 Å². The minimum Gasteiger partial charge on any atom is -0.261 e. The van der Waals surface area contributed by atoms with E-state index >= 15 is 0 Å². The molecule has 0 fully saturated rings. The highest BCUT2D eigenvalue weighted by Gasteiger charge is 2.04. The van der Waals surface area contributed by atoms with E-state index in [9.17, 15) is 0 Å². The highest BCUT2D eigenvalue weighted by molar-refractivity contribution is 5.99. The molecule has 0 aliphatic heterocycles. The van der Waals surface area contributed by atoms with E-state index in [0.717, 1.165) is 22.5 Å². The van der Waals surface area contributed by atoms with E-state index in [1.165, 1.54) is 5.56 Å². The van der Waals surface area contributed by atoms with Gasteiger partial charge in [0.2, 0.25) is 0 Å². The van der Waals surface area contributed by atoms with Gasteiger partial charge in [0.15, 0.2) is 11.6 Å². The summed E-state index contributed by atoms with van der Waals surface area (Å²) in [5.41, 5.74) is 8.16. The maximum Gasteiger partial charge on any atom is 0.161 e. The molecule has 0 saturated heterocycles. The molecule has 0 bridgehead atoms. The maximum atomic E-state index is 4.55. The molecule has 0 amide bonds. The number of benzene rings is 2. The van der Waals surface area contributed by atoms with Crippen LogP contribution in [-0.2, 0) is 0 Å². The van der Waals surface area contributed by atoms with E-state index < -0.39 is 0 Å². The first kappa shape index (κ1) is 15.9. The summed E-state index contributed by atoms with van der Waals surface area (Å²) in [5, 5.41) is 4.45. The van der Waals surface area contributed by atoms with Crippen molar-refractivity contribution in [2.75, 3.05) is 5.43 Å². The monoisotopic (exact) mass is 316 g/mol. The van der Waals surface area contributed by atoms with Crippen LogP contribution in [0.1, 0.15) is 23.7 Å². The molecular formula is C20H20N4. The van der Waals surface area contributed by atoms with Gasteiger partial charge in [0, 0.05) is 17.3 Å². The molecule has 1 aromatic heterocycles. The summed E-state index contributed by atoms with van der Waals surface area (Å²) in [7, 11) is 0. The summed E-state index contributed by atoms with van der Waals surface area (Å²) in [4.78, 5) is 9.05. The lowest BCUT2D eigenvalue weighted by molar-refractivity contribution is 1.09. The number of hydrazone groups is 1. The third kappa shape index (κ3) is 3.84. The number of nitrogens with zero attached hydrogens (tertiary/aromatic N) is 3. The van der Waals surface area contributed by atoms with Gasteiger partial charge in [-0.05, 0) is 26.3 Å². The summed E-state index contributed by atoms with van der Waals surface area (Å²) in [6, 6.07) is 20.1. The average molecular weight is 316 g/mol. The third-order valence-electron chi connectivity index (χ3n) is 3.69. The van der Waals surface area contributed by atoms with Gasteiger partial charge >= 0.3 is 0 Å². The Kier molecular flexibility index (Phi) is 4.66. The summed E-state index contributed by atoms with van der Waals surface area (Å²) < 4.78 is 0. The first-order valence-corrected chi connectivity index (χ1v) is 7.90. The van der Waals surface area contributed by atoms with Crippen LogP contribution >= 0.6 is 0 Å². The third-order valence-corrected chi connectivity index (χ3v) is 3.69. The molecule has 0 radical (unpaired) electrons. The van der Waals surface area contributed by atoms with Gasteiger partial charge in [0.1, 0.15) is 0 Å². The van der Waals surface area contributed by atoms with Gasteiger partial charge in [-0.1, -0.05) is 60.2 Å². The van der Waals surface area contributed by atoms with Crippen LogP contribution in [0.5, 0.6) is 0 Å². The summed E-state index contributed by atoms with van der Waals surface area (Å²) in [5.74, 6) is 1.38. The summed E-state index contributed by atoms with van der Waals surface area (Å²) >= 11 is 0. The summed E-state index contributed by atoms with van der Waals surface area (Å²) in [6.45, 7) is 6.00. The Morgan fingerprint density at radius 2 is 1.62 bits per heavy atom. The quantitative estimate of drug-likeness (QED) is 0.565. The van der Waals surface area contributed by atoms with E-state index in [1.54, 1.807) is 0 Å². The Balaban J connectivity index is 1.84. The topological polar surface area (TPSA) is 50.2 Å². The van der Waals surface area contributed by atoms with Crippen molar-refractivity contribution in [3.8, 4) is 11.4 Å². The van der Waals surface area contributed by atoms with Crippen LogP contribution in [0.25, 0.3) is 11.4 Å². The number of anilines is 1. The Hall–Kier alpha value is -3.01. The molecule has 0 saturated carbocycles. The maximum absolute atomic E-state index is 4.55. The molecule has 0 unspecified atom stereocenters. The van der Waals surface area contributed by atoms with E-state index in [1.807, 2.05) is 50.2 Å². The predicted octanol–water partition coefficient (Wildman–Crippen LogP) is 4.60. The van der Waals surface area contributed by atoms with Crippen LogP contribution in [0.3, 0.4) is 0 Å². The Bertz CT molecular complexity index is 853. The van der Waals surface area contributed by atoms with Gasteiger partial charge in [-0.15, -0.1) is 0 Å². The molecule has 120 valence electrons. The molecule has 0 spiro atoms. The first-order valence-electron chi connectivity index (χ1n) is 7.90. The molecule has 1 heterocycles. The molecular weight excluding hydrogens is 296 g/mol. The van der Waals surface area contributed by atoms with Gasteiger partial charge in [-0.3, -0.25) is 5.43 Å². The van der Waals surface area contributed by atoms with E-state index in [2.05, 4.69) is 51.7 Å². The lowest BCUT2D eigenvalue weighted by atomic mass is 10.1. The molecule has 4 heteroatoms.